The minimum atomic E-state index is -0.487. The number of hydrogen-bond donors (Lipinski definition) is 1. The summed E-state index contributed by atoms with van der Waals surface area (Å²) in [6, 6.07) is 16.8. The van der Waals surface area contributed by atoms with Gasteiger partial charge in [0.2, 0.25) is 11.8 Å². The molecular formula is C21H25ClN2O2. The molecule has 0 radical (unpaired) electrons. The van der Waals surface area contributed by atoms with Gasteiger partial charge in [-0.1, -0.05) is 61.0 Å². The molecule has 0 spiro atoms. The fourth-order valence-corrected chi connectivity index (χ4v) is 3.04. The summed E-state index contributed by atoms with van der Waals surface area (Å²) in [5, 5.41) is 3.31. The Morgan fingerprint density at radius 3 is 2.27 bits per heavy atom. The van der Waals surface area contributed by atoms with E-state index in [0.29, 0.717) is 30.8 Å². The summed E-state index contributed by atoms with van der Waals surface area (Å²) < 4.78 is 0. The maximum absolute atomic E-state index is 12.9. The maximum Gasteiger partial charge on any atom is 0.242 e. The van der Waals surface area contributed by atoms with E-state index in [1.807, 2.05) is 49.4 Å². The molecule has 0 saturated heterocycles. The molecule has 1 atom stereocenters. The van der Waals surface area contributed by atoms with Crippen LogP contribution in [-0.2, 0) is 22.6 Å². The van der Waals surface area contributed by atoms with Gasteiger partial charge in [-0.2, -0.15) is 0 Å². The molecule has 138 valence electrons. The van der Waals surface area contributed by atoms with E-state index in [9.17, 15) is 9.59 Å². The lowest BCUT2D eigenvalue weighted by molar-refractivity contribution is -0.141. The van der Waals surface area contributed by atoms with Gasteiger partial charge in [0.1, 0.15) is 6.04 Å². The first kappa shape index (κ1) is 20.0. The molecule has 0 heterocycles. The third kappa shape index (κ3) is 5.60. The van der Waals surface area contributed by atoms with Gasteiger partial charge in [0.25, 0.3) is 0 Å². The molecule has 0 aliphatic heterocycles. The first-order valence-corrected chi connectivity index (χ1v) is 9.22. The predicted molar refractivity (Wildman–Crippen MR) is 105 cm³/mol. The number of rotatable bonds is 8. The Labute approximate surface area is 160 Å². The van der Waals surface area contributed by atoms with E-state index in [1.165, 1.54) is 0 Å². The molecule has 0 saturated carbocycles. The quantitative estimate of drug-likeness (QED) is 0.765. The van der Waals surface area contributed by atoms with Crippen molar-refractivity contribution in [2.45, 2.75) is 38.8 Å². The second-order valence-electron chi connectivity index (χ2n) is 6.17. The van der Waals surface area contributed by atoms with Crippen LogP contribution in [-0.4, -0.2) is 29.8 Å². The second-order valence-corrected chi connectivity index (χ2v) is 6.61. The molecule has 4 nitrogen and oxygen atoms in total. The molecule has 0 aliphatic carbocycles. The molecule has 1 N–H and O–H groups in total. The van der Waals surface area contributed by atoms with Crippen LogP contribution in [0.1, 0.15) is 30.9 Å². The number of amides is 2. The lowest BCUT2D eigenvalue weighted by atomic mass is 10.1. The van der Waals surface area contributed by atoms with Crippen molar-refractivity contribution in [1.82, 2.24) is 10.2 Å². The van der Waals surface area contributed by atoms with E-state index < -0.39 is 6.04 Å². The first-order chi connectivity index (χ1) is 12.5. The van der Waals surface area contributed by atoms with Crippen LogP contribution in [0.15, 0.2) is 54.6 Å². The lowest BCUT2D eigenvalue weighted by Crippen LogP contribution is -2.48. The van der Waals surface area contributed by atoms with Crippen molar-refractivity contribution >= 4 is 23.4 Å². The molecule has 2 aromatic carbocycles. The average Bonchev–Trinajstić information content (AvgIpc) is 2.68. The Balaban J connectivity index is 2.16. The summed E-state index contributed by atoms with van der Waals surface area (Å²) in [5.74, 6) is -0.172. The van der Waals surface area contributed by atoms with Gasteiger partial charge in [0, 0.05) is 25.0 Å². The SMILES string of the molecule is CCC(C(=O)NC)N(Cc1ccc(Cl)cc1)C(=O)CCc1ccccc1. The second kappa shape index (κ2) is 9.97. The zero-order valence-electron chi connectivity index (χ0n) is 15.2. The number of nitrogens with one attached hydrogen (secondary N) is 1. The van der Waals surface area contributed by atoms with Gasteiger partial charge in [-0.15, -0.1) is 0 Å². The van der Waals surface area contributed by atoms with Gasteiger partial charge in [0.05, 0.1) is 0 Å². The molecule has 2 amide bonds. The molecule has 26 heavy (non-hydrogen) atoms. The molecule has 0 bridgehead atoms. The van der Waals surface area contributed by atoms with Gasteiger partial charge in [-0.3, -0.25) is 9.59 Å². The zero-order chi connectivity index (χ0) is 18.9. The molecule has 0 aromatic heterocycles. The Morgan fingerprint density at radius 1 is 1.04 bits per heavy atom. The molecule has 2 rings (SSSR count). The van der Waals surface area contributed by atoms with Gasteiger partial charge in [-0.05, 0) is 36.1 Å². The topological polar surface area (TPSA) is 49.4 Å². The van der Waals surface area contributed by atoms with E-state index in [4.69, 9.17) is 11.6 Å². The van der Waals surface area contributed by atoms with Crippen LogP contribution in [0, 0.1) is 0 Å². The summed E-state index contributed by atoms with van der Waals surface area (Å²) >= 11 is 5.95. The summed E-state index contributed by atoms with van der Waals surface area (Å²) in [6.07, 6.45) is 1.58. The molecule has 2 aromatic rings. The Kier molecular flexibility index (Phi) is 7.67. The Morgan fingerprint density at radius 2 is 1.69 bits per heavy atom. The Bertz CT molecular complexity index is 717. The van der Waals surface area contributed by atoms with Crippen LogP contribution in [0.2, 0.25) is 5.02 Å². The minimum Gasteiger partial charge on any atom is -0.357 e. The van der Waals surface area contributed by atoms with E-state index in [2.05, 4.69) is 5.32 Å². The Hall–Kier alpha value is -2.33. The zero-order valence-corrected chi connectivity index (χ0v) is 16.0. The van der Waals surface area contributed by atoms with Crippen LogP contribution in [0.3, 0.4) is 0 Å². The number of likely N-dealkylation sites (N-methyl/N-ethyl adjacent to an activating group) is 1. The van der Waals surface area contributed by atoms with Crippen molar-refractivity contribution in [3.8, 4) is 0 Å². The van der Waals surface area contributed by atoms with Crippen LogP contribution in [0.4, 0.5) is 0 Å². The molecule has 5 heteroatoms. The third-order valence-corrected chi connectivity index (χ3v) is 4.62. The lowest BCUT2D eigenvalue weighted by Gasteiger charge is -2.30. The monoisotopic (exact) mass is 372 g/mol. The molecule has 1 unspecified atom stereocenters. The normalized spacial score (nSPS) is 11.7. The van der Waals surface area contributed by atoms with E-state index in [1.54, 1.807) is 24.1 Å². The third-order valence-electron chi connectivity index (χ3n) is 4.37. The number of carbonyl (C=O) groups is 2. The van der Waals surface area contributed by atoms with Crippen LogP contribution < -0.4 is 5.32 Å². The number of hydrogen-bond acceptors (Lipinski definition) is 2. The fourth-order valence-electron chi connectivity index (χ4n) is 2.91. The van der Waals surface area contributed by atoms with Gasteiger partial charge < -0.3 is 10.2 Å². The van der Waals surface area contributed by atoms with E-state index >= 15 is 0 Å². The first-order valence-electron chi connectivity index (χ1n) is 8.84. The largest absolute Gasteiger partial charge is 0.357 e. The van der Waals surface area contributed by atoms with E-state index in [-0.39, 0.29) is 11.8 Å². The van der Waals surface area contributed by atoms with Crippen molar-refractivity contribution in [2.75, 3.05) is 7.05 Å². The highest BCUT2D eigenvalue weighted by atomic mass is 35.5. The number of carbonyl (C=O) groups excluding carboxylic acids is 2. The highest BCUT2D eigenvalue weighted by molar-refractivity contribution is 6.30. The summed E-state index contributed by atoms with van der Waals surface area (Å²) in [4.78, 5) is 26.9. The standard InChI is InChI=1S/C21H25ClN2O2/c1-3-19(21(26)23-2)24(15-17-9-12-18(22)13-10-17)20(25)14-11-16-7-5-4-6-8-16/h4-10,12-13,19H,3,11,14-15H2,1-2H3,(H,23,26). The van der Waals surface area contributed by atoms with Crippen LogP contribution in [0.25, 0.3) is 0 Å². The number of nitrogens with zero attached hydrogens (tertiary/aromatic N) is 1. The van der Waals surface area contributed by atoms with E-state index in [0.717, 1.165) is 11.1 Å². The van der Waals surface area contributed by atoms with Crippen molar-refractivity contribution in [1.29, 1.82) is 0 Å². The molecule has 0 aliphatic rings. The number of benzene rings is 2. The summed E-state index contributed by atoms with van der Waals surface area (Å²) in [6.45, 7) is 2.30. The summed E-state index contributed by atoms with van der Waals surface area (Å²) in [7, 11) is 1.60. The van der Waals surface area contributed by atoms with Crippen molar-refractivity contribution < 1.29 is 9.59 Å². The highest BCUT2D eigenvalue weighted by Crippen LogP contribution is 2.17. The number of aryl methyl sites for hydroxylation is 1. The fraction of sp³-hybridized carbons (Fsp3) is 0.333. The molecule has 0 fully saturated rings. The van der Waals surface area contributed by atoms with Crippen LogP contribution >= 0.6 is 11.6 Å². The maximum atomic E-state index is 12.9. The predicted octanol–water partition coefficient (Wildman–Crippen LogP) is 3.83. The summed E-state index contributed by atoms with van der Waals surface area (Å²) in [5.41, 5.74) is 2.06. The minimum absolute atomic E-state index is 0.0285. The van der Waals surface area contributed by atoms with Gasteiger partial charge in [0.15, 0.2) is 0 Å². The van der Waals surface area contributed by atoms with Crippen molar-refractivity contribution in [3.63, 3.8) is 0 Å². The van der Waals surface area contributed by atoms with Crippen molar-refractivity contribution in [3.05, 3.63) is 70.7 Å². The van der Waals surface area contributed by atoms with Crippen molar-refractivity contribution in [2.24, 2.45) is 0 Å². The van der Waals surface area contributed by atoms with Crippen LogP contribution in [0.5, 0.6) is 0 Å². The molecular weight excluding hydrogens is 348 g/mol. The van der Waals surface area contributed by atoms with Gasteiger partial charge >= 0.3 is 0 Å². The van der Waals surface area contributed by atoms with Gasteiger partial charge in [-0.25, -0.2) is 0 Å². The smallest absolute Gasteiger partial charge is 0.242 e. The highest BCUT2D eigenvalue weighted by Gasteiger charge is 2.27. The number of halogens is 1. The average molecular weight is 373 g/mol.